The lowest BCUT2D eigenvalue weighted by molar-refractivity contribution is 0.183. The molecule has 1 N–H and O–H groups in total. The van der Waals surface area contributed by atoms with Gasteiger partial charge in [0, 0.05) is 19.0 Å². The molecule has 0 aliphatic carbocycles. The van der Waals surface area contributed by atoms with E-state index < -0.39 is 23.0 Å². The number of halogens is 4. The van der Waals surface area contributed by atoms with Gasteiger partial charge in [0.05, 0.1) is 30.8 Å². The lowest BCUT2D eigenvalue weighted by atomic mass is 10.2. The molecule has 0 spiro atoms. The summed E-state index contributed by atoms with van der Waals surface area (Å²) < 4.78 is 52.3. The van der Waals surface area contributed by atoms with Crippen molar-refractivity contribution in [2.75, 3.05) is 19.5 Å². The minimum Gasteiger partial charge on any atom is -0.495 e. The summed E-state index contributed by atoms with van der Waals surface area (Å²) in [5.74, 6) is -3.60. The summed E-state index contributed by atoms with van der Waals surface area (Å²) in [5, 5.41) is 3.35. The topological polar surface area (TPSA) is 65.4 Å². The van der Waals surface area contributed by atoms with Crippen LogP contribution in [0, 0.1) is 24.4 Å². The fourth-order valence-electron chi connectivity index (χ4n) is 2.97. The Morgan fingerprint density at radius 3 is 2.42 bits per heavy atom. The molecule has 10 heteroatoms. The van der Waals surface area contributed by atoms with E-state index in [0.717, 1.165) is 17.7 Å². The van der Waals surface area contributed by atoms with Crippen LogP contribution >= 0.6 is 11.6 Å². The molecule has 0 saturated carbocycles. The number of aryl methyl sites for hydroxylation is 1. The maximum atomic E-state index is 13.7. The molecular weight excluding hydrogens is 435 g/mol. The van der Waals surface area contributed by atoms with Crippen LogP contribution in [-0.2, 0) is 17.9 Å². The number of nitrogens with one attached hydrogen (secondary N) is 1. The smallest absolute Gasteiger partial charge is 0.279 e. The maximum absolute atomic E-state index is 13.7. The highest BCUT2D eigenvalue weighted by Gasteiger charge is 2.15. The first-order chi connectivity index (χ1) is 14.7. The molecule has 1 aromatic heterocycles. The van der Waals surface area contributed by atoms with Crippen LogP contribution in [0.3, 0.4) is 0 Å². The SMILES string of the molecule is COCc1cn(Cc2cc(F)c(F)c(F)c2)c(Nc2cc(Cl)c(OC)cc2C)nc1=O. The van der Waals surface area contributed by atoms with E-state index in [2.05, 4.69) is 10.3 Å². The van der Waals surface area contributed by atoms with Crippen LogP contribution in [0.25, 0.3) is 0 Å². The number of hydrogen-bond donors (Lipinski definition) is 1. The van der Waals surface area contributed by atoms with Crippen molar-refractivity contribution in [3.8, 4) is 5.75 Å². The Hall–Kier alpha value is -3.04. The minimum absolute atomic E-state index is 0.00829. The van der Waals surface area contributed by atoms with Crippen LogP contribution in [0.4, 0.5) is 24.8 Å². The van der Waals surface area contributed by atoms with E-state index in [4.69, 9.17) is 21.1 Å². The van der Waals surface area contributed by atoms with Gasteiger partial charge in [-0.1, -0.05) is 11.6 Å². The lowest BCUT2D eigenvalue weighted by Crippen LogP contribution is -2.21. The molecule has 0 aliphatic rings. The largest absolute Gasteiger partial charge is 0.495 e. The summed E-state index contributed by atoms with van der Waals surface area (Å²) in [7, 11) is 2.91. The molecule has 0 unspecified atom stereocenters. The fraction of sp³-hybridized carbons (Fsp3) is 0.238. The van der Waals surface area contributed by atoms with Gasteiger partial charge in [0.2, 0.25) is 5.95 Å². The molecule has 0 fully saturated rings. The molecular formula is C21H19ClF3N3O3. The third kappa shape index (κ3) is 5.00. The summed E-state index contributed by atoms with van der Waals surface area (Å²) in [6.45, 7) is 1.70. The van der Waals surface area contributed by atoms with Crippen LogP contribution in [0.5, 0.6) is 5.75 Å². The highest BCUT2D eigenvalue weighted by atomic mass is 35.5. The summed E-state index contributed by atoms with van der Waals surface area (Å²) >= 11 is 6.20. The molecule has 31 heavy (non-hydrogen) atoms. The second-order valence-electron chi connectivity index (χ2n) is 6.76. The molecule has 164 valence electrons. The molecule has 1 heterocycles. The van der Waals surface area contributed by atoms with Gasteiger partial charge in [0.25, 0.3) is 5.56 Å². The molecule has 0 radical (unpaired) electrons. The molecule has 0 bridgehead atoms. The highest BCUT2D eigenvalue weighted by molar-refractivity contribution is 6.32. The van der Waals surface area contributed by atoms with Gasteiger partial charge in [-0.05, 0) is 42.3 Å². The second kappa shape index (κ2) is 9.40. The minimum atomic E-state index is -1.55. The Bertz CT molecular complexity index is 1160. The number of anilines is 2. The maximum Gasteiger partial charge on any atom is 0.279 e. The highest BCUT2D eigenvalue weighted by Crippen LogP contribution is 2.32. The molecule has 0 aliphatic heterocycles. The van der Waals surface area contributed by atoms with E-state index >= 15 is 0 Å². The fourth-order valence-corrected chi connectivity index (χ4v) is 3.21. The molecule has 2 aromatic carbocycles. The Balaban J connectivity index is 2.07. The van der Waals surface area contributed by atoms with Crippen molar-refractivity contribution >= 4 is 23.2 Å². The molecule has 0 amide bonds. The molecule has 3 aromatic rings. The average Bonchev–Trinajstić information content (AvgIpc) is 2.71. The van der Waals surface area contributed by atoms with Gasteiger partial charge < -0.3 is 19.4 Å². The van der Waals surface area contributed by atoms with Crippen molar-refractivity contribution in [3.63, 3.8) is 0 Å². The summed E-state index contributed by atoms with van der Waals surface area (Å²) in [4.78, 5) is 16.4. The predicted molar refractivity (Wildman–Crippen MR) is 111 cm³/mol. The first kappa shape index (κ1) is 22.6. The number of hydrogen-bond acceptors (Lipinski definition) is 5. The van der Waals surface area contributed by atoms with Gasteiger partial charge in [0.1, 0.15) is 5.75 Å². The van der Waals surface area contributed by atoms with Gasteiger partial charge in [-0.3, -0.25) is 4.79 Å². The van der Waals surface area contributed by atoms with E-state index in [1.165, 1.54) is 25.0 Å². The average molecular weight is 454 g/mol. The van der Waals surface area contributed by atoms with Crippen LogP contribution in [0.1, 0.15) is 16.7 Å². The van der Waals surface area contributed by atoms with Crippen molar-refractivity contribution in [3.05, 3.63) is 80.0 Å². The van der Waals surface area contributed by atoms with Gasteiger partial charge in [-0.25, -0.2) is 13.2 Å². The van der Waals surface area contributed by atoms with E-state index in [1.54, 1.807) is 19.1 Å². The number of ether oxygens (including phenoxy) is 2. The van der Waals surface area contributed by atoms with Gasteiger partial charge in [-0.2, -0.15) is 4.98 Å². The monoisotopic (exact) mass is 453 g/mol. The van der Waals surface area contributed by atoms with Crippen molar-refractivity contribution in [2.24, 2.45) is 0 Å². The zero-order valence-corrected chi connectivity index (χ0v) is 17.7. The summed E-state index contributed by atoms with van der Waals surface area (Å²) in [6, 6.07) is 5.07. The van der Waals surface area contributed by atoms with Crippen molar-refractivity contribution < 1.29 is 22.6 Å². The Morgan fingerprint density at radius 1 is 1.13 bits per heavy atom. The normalized spacial score (nSPS) is 10.9. The Kier molecular flexibility index (Phi) is 6.87. The van der Waals surface area contributed by atoms with Gasteiger partial charge in [-0.15, -0.1) is 0 Å². The first-order valence-electron chi connectivity index (χ1n) is 9.07. The number of aromatic nitrogens is 2. The first-order valence-corrected chi connectivity index (χ1v) is 9.45. The number of benzene rings is 2. The lowest BCUT2D eigenvalue weighted by Gasteiger charge is -2.17. The van der Waals surface area contributed by atoms with E-state index in [-0.39, 0.29) is 30.2 Å². The number of rotatable bonds is 7. The zero-order chi connectivity index (χ0) is 22.7. The standard InChI is InChI=1S/C21H19ClF3N3O3/c1-11-4-18(31-3)14(22)7-17(11)26-21-27-20(29)13(10-30-2)9-28(21)8-12-5-15(23)19(25)16(24)6-12/h4-7,9H,8,10H2,1-3H3,(H,26,27,29). The molecule has 3 rings (SSSR count). The van der Waals surface area contributed by atoms with Crippen molar-refractivity contribution in [2.45, 2.75) is 20.1 Å². The van der Waals surface area contributed by atoms with Crippen LogP contribution in [-0.4, -0.2) is 23.8 Å². The third-order valence-electron chi connectivity index (χ3n) is 4.51. The van der Waals surface area contributed by atoms with Crippen molar-refractivity contribution in [1.82, 2.24) is 9.55 Å². The Labute approximate surface area is 181 Å². The summed E-state index contributed by atoms with van der Waals surface area (Å²) in [5.41, 5.74) is 1.14. The molecule has 0 saturated heterocycles. The Morgan fingerprint density at radius 2 is 1.81 bits per heavy atom. The molecule has 0 atom stereocenters. The van der Waals surface area contributed by atoms with E-state index in [0.29, 0.717) is 16.5 Å². The van der Waals surface area contributed by atoms with Crippen LogP contribution < -0.4 is 15.6 Å². The zero-order valence-electron chi connectivity index (χ0n) is 16.9. The van der Waals surface area contributed by atoms with Gasteiger partial charge >= 0.3 is 0 Å². The van der Waals surface area contributed by atoms with E-state index in [9.17, 15) is 18.0 Å². The third-order valence-corrected chi connectivity index (χ3v) is 4.80. The van der Waals surface area contributed by atoms with Crippen molar-refractivity contribution in [1.29, 1.82) is 0 Å². The quantitative estimate of drug-likeness (QED) is 0.531. The summed E-state index contributed by atoms with van der Waals surface area (Å²) in [6.07, 6.45) is 1.46. The van der Waals surface area contributed by atoms with Gasteiger partial charge in [0.15, 0.2) is 17.5 Å². The number of methoxy groups -OCH3 is 2. The van der Waals surface area contributed by atoms with E-state index in [1.807, 2.05) is 0 Å². The van der Waals surface area contributed by atoms with Crippen LogP contribution in [0.2, 0.25) is 5.02 Å². The predicted octanol–water partition coefficient (Wildman–Crippen LogP) is 4.57. The number of nitrogens with zero attached hydrogens (tertiary/aromatic N) is 2. The second-order valence-corrected chi connectivity index (χ2v) is 7.16. The van der Waals surface area contributed by atoms with Crippen LogP contribution in [0.15, 0.2) is 35.3 Å². The molecule has 6 nitrogen and oxygen atoms in total.